The Hall–Kier alpha value is -1.16. The van der Waals surface area contributed by atoms with Crippen LogP contribution in [-0.2, 0) is 14.8 Å². The monoisotopic (exact) mass is 337 g/mol. The molecule has 0 heterocycles. The van der Waals surface area contributed by atoms with Crippen LogP contribution < -0.4 is 16.2 Å². The SMILES string of the molecule is NC(=O)C(O)CNS(=O)(=O)c1ccc(N)cc1Br. The third-order valence-corrected chi connectivity index (χ3v) is 4.44. The zero-order valence-electron chi connectivity index (χ0n) is 9.13. The van der Waals surface area contributed by atoms with Gasteiger partial charge in [0.05, 0.1) is 4.90 Å². The van der Waals surface area contributed by atoms with Crippen LogP contribution in [0.2, 0.25) is 0 Å². The molecule has 0 saturated heterocycles. The molecular weight excluding hydrogens is 326 g/mol. The normalized spacial score (nSPS) is 13.2. The quantitative estimate of drug-likeness (QED) is 0.519. The molecule has 9 heteroatoms. The van der Waals surface area contributed by atoms with Gasteiger partial charge in [0.25, 0.3) is 0 Å². The van der Waals surface area contributed by atoms with Gasteiger partial charge in [0.15, 0.2) is 0 Å². The molecule has 0 saturated carbocycles. The van der Waals surface area contributed by atoms with Gasteiger partial charge in [0.1, 0.15) is 6.10 Å². The fraction of sp³-hybridized carbons (Fsp3) is 0.222. The summed E-state index contributed by atoms with van der Waals surface area (Å²) in [5, 5.41) is 9.12. The van der Waals surface area contributed by atoms with E-state index in [0.29, 0.717) is 5.69 Å². The lowest BCUT2D eigenvalue weighted by atomic mass is 10.3. The number of amides is 1. The second-order valence-corrected chi connectivity index (χ2v) is 6.05. The van der Waals surface area contributed by atoms with Crippen LogP contribution in [0.3, 0.4) is 0 Å². The maximum atomic E-state index is 11.8. The number of nitrogen functional groups attached to an aromatic ring is 1. The van der Waals surface area contributed by atoms with Gasteiger partial charge in [-0.25, -0.2) is 13.1 Å². The average molecular weight is 338 g/mol. The van der Waals surface area contributed by atoms with Crippen molar-refractivity contribution in [2.45, 2.75) is 11.0 Å². The van der Waals surface area contributed by atoms with Crippen LogP contribution >= 0.6 is 15.9 Å². The first kappa shape index (κ1) is 14.9. The molecule has 0 aliphatic carbocycles. The highest BCUT2D eigenvalue weighted by atomic mass is 79.9. The highest BCUT2D eigenvalue weighted by molar-refractivity contribution is 9.10. The molecule has 1 aromatic carbocycles. The highest BCUT2D eigenvalue weighted by Crippen LogP contribution is 2.23. The van der Waals surface area contributed by atoms with E-state index in [1.807, 2.05) is 0 Å². The summed E-state index contributed by atoms with van der Waals surface area (Å²) in [5.74, 6) is -1.01. The van der Waals surface area contributed by atoms with Crippen molar-refractivity contribution in [2.24, 2.45) is 5.73 Å². The minimum absolute atomic E-state index is 0.0478. The molecule has 0 radical (unpaired) electrons. The number of halogens is 1. The molecule has 1 atom stereocenters. The predicted molar refractivity (Wildman–Crippen MR) is 68.9 cm³/mol. The molecule has 1 aromatic rings. The van der Waals surface area contributed by atoms with Crippen LogP contribution in [0.25, 0.3) is 0 Å². The Labute approximate surface area is 112 Å². The molecule has 0 spiro atoms. The minimum atomic E-state index is -3.86. The maximum Gasteiger partial charge on any atom is 0.247 e. The van der Waals surface area contributed by atoms with Crippen LogP contribution in [0, 0.1) is 0 Å². The molecule has 0 bridgehead atoms. The highest BCUT2D eigenvalue weighted by Gasteiger charge is 2.20. The number of aliphatic hydroxyl groups excluding tert-OH is 1. The molecule has 0 aromatic heterocycles. The number of hydrogen-bond donors (Lipinski definition) is 4. The Kier molecular flexibility index (Phi) is 4.68. The third kappa shape index (κ3) is 3.67. The van der Waals surface area contributed by atoms with Crippen molar-refractivity contribution >= 4 is 37.5 Å². The van der Waals surface area contributed by atoms with Crippen molar-refractivity contribution in [3.05, 3.63) is 22.7 Å². The average Bonchev–Trinajstić information content (AvgIpc) is 2.25. The van der Waals surface area contributed by atoms with E-state index >= 15 is 0 Å². The van der Waals surface area contributed by atoms with Gasteiger partial charge in [-0.15, -0.1) is 0 Å². The van der Waals surface area contributed by atoms with E-state index in [4.69, 9.17) is 16.6 Å². The largest absolute Gasteiger partial charge is 0.399 e. The molecule has 1 unspecified atom stereocenters. The maximum absolute atomic E-state index is 11.8. The first-order chi connectivity index (χ1) is 8.24. The molecule has 0 aliphatic rings. The number of carbonyl (C=O) groups excluding carboxylic acids is 1. The summed E-state index contributed by atoms with van der Waals surface area (Å²) in [6.45, 7) is -0.492. The smallest absolute Gasteiger partial charge is 0.247 e. The molecule has 7 nitrogen and oxygen atoms in total. The van der Waals surface area contributed by atoms with Crippen molar-refractivity contribution in [1.82, 2.24) is 4.72 Å². The number of carbonyl (C=O) groups is 1. The number of hydrogen-bond acceptors (Lipinski definition) is 5. The molecule has 0 aliphatic heterocycles. The fourth-order valence-corrected chi connectivity index (χ4v) is 3.23. The molecular formula is C9H12BrN3O4S. The topological polar surface area (TPSA) is 136 Å². The standard InChI is InChI=1S/C9H12BrN3O4S/c10-6-3-5(11)1-2-8(6)18(16,17)13-4-7(14)9(12)15/h1-3,7,13-14H,4,11H2,(H2,12,15). The molecule has 100 valence electrons. The lowest BCUT2D eigenvalue weighted by molar-refractivity contribution is -0.125. The van der Waals surface area contributed by atoms with Crippen molar-refractivity contribution < 1.29 is 18.3 Å². The van der Waals surface area contributed by atoms with E-state index in [9.17, 15) is 13.2 Å². The number of primary amides is 1. The molecule has 6 N–H and O–H groups in total. The summed E-state index contributed by atoms with van der Waals surface area (Å²) in [6.07, 6.45) is -1.58. The number of anilines is 1. The predicted octanol–water partition coefficient (Wildman–Crippen LogP) is -0.844. The van der Waals surface area contributed by atoms with Crippen LogP contribution in [0.4, 0.5) is 5.69 Å². The van der Waals surface area contributed by atoms with Gasteiger partial charge in [0, 0.05) is 16.7 Å². The first-order valence-electron chi connectivity index (χ1n) is 4.76. The van der Waals surface area contributed by atoms with Crippen LogP contribution in [0.15, 0.2) is 27.6 Å². The van der Waals surface area contributed by atoms with E-state index < -0.39 is 28.6 Å². The van der Waals surface area contributed by atoms with Crippen LogP contribution in [0.5, 0.6) is 0 Å². The van der Waals surface area contributed by atoms with E-state index in [2.05, 4.69) is 20.7 Å². The number of nitrogens with one attached hydrogen (secondary N) is 1. The van der Waals surface area contributed by atoms with Gasteiger partial charge in [-0.3, -0.25) is 4.79 Å². The summed E-state index contributed by atoms with van der Waals surface area (Å²) < 4.78 is 26.0. The number of rotatable bonds is 5. The molecule has 1 amide bonds. The van der Waals surface area contributed by atoms with Crippen molar-refractivity contribution in [3.8, 4) is 0 Å². The van der Waals surface area contributed by atoms with Gasteiger partial charge >= 0.3 is 0 Å². The van der Waals surface area contributed by atoms with Gasteiger partial charge in [-0.2, -0.15) is 0 Å². The molecule has 0 fully saturated rings. The van der Waals surface area contributed by atoms with Gasteiger partial charge in [-0.05, 0) is 34.1 Å². The lowest BCUT2D eigenvalue weighted by Gasteiger charge is -2.10. The Morgan fingerprint density at radius 3 is 2.61 bits per heavy atom. The Morgan fingerprint density at radius 2 is 2.11 bits per heavy atom. The summed E-state index contributed by atoms with van der Waals surface area (Å²) in [4.78, 5) is 10.5. The zero-order chi connectivity index (χ0) is 13.9. The number of benzene rings is 1. The summed E-state index contributed by atoms with van der Waals surface area (Å²) in [5.41, 5.74) is 10.7. The Bertz CT molecular complexity index is 561. The zero-order valence-corrected chi connectivity index (χ0v) is 11.5. The van der Waals surface area contributed by atoms with E-state index in [1.54, 1.807) is 0 Å². The minimum Gasteiger partial charge on any atom is -0.399 e. The Morgan fingerprint density at radius 1 is 1.50 bits per heavy atom. The van der Waals surface area contributed by atoms with Crippen molar-refractivity contribution in [2.75, 3.05) is 12.3 Å². The fourth-order valence-electron chi connectivity index (χ4n) is 1.10. The molecule has 1 rings (SSSR count). The van der Waals surface area contributed by atoms with E-state index in [1.165, 1.54) is 18.2 Å². The van der Waals surface area contributed by atoms with Crippen molar-refractivity contribution in [3.63, 3.8) is 0 Å². The Balaban J connectivity index is 2.90. The van der Waals surface area contributed by atoms with Crippen molar-refractivity contribution in [1.29, 1.82) is 0 Å². The second-order valence-electron chi connectivity index (χ2n) is 3.46. The number of aliphatic hydroxyl groups is 1. The third-order valence-electron chi connectivity index (χ3n) is 2.04. The van der Waals surface area contributed by atoms with Gasteiger partial charge < -0.3 is 16.6 Å². The second kappa shape index (κ2) is 5.65. The van der Waals surface area contributed by atoms with E-state index in [-0.39, 0.29) is 9.37 Å². The first-order valence-corrected chi connectivity index (χ1v) is 7.03. The summed E-state index contributed by atoms with van der Waals surface area (Å²) >= 11 is 3.07. The van der Waals surface area contributed by atoms with Gasteiger partial charge in [-0.1, -0.05) is 0 Å². The lowest BCUT2D eigenvalue weighted by Crippen LogP contribution is -2.40. The van der Waals surface area contributed by atoms with Crippen LogP contribution in [-0.4, -0.2) is 32.1 Å². The summed E-state index contributed by atoms with van der Waals surface area (Å²) in [7, 11) is -3.86. The number of nitrogens with two attached hydrogens (primary N) is 2. The van der Waals surface area contributed by atoms with Gasteiger partial charge in [0.2, 0.25) is 15.9 Å². The molecule has 18 heavy (non-hydrogen) atoms. The summed E-state index contributed by atoms with van der Waals surface area (Å²) in [6, 6.07) is 4.15. The van der Waals surface area contributed by atoms with E-state index in [0.717, 1.165) is 0 Å². The number of sulfonamides is 1. The van der Waals surface area contributed by atoms with Crippen LogP contribution in [0.1, 0.15) is 0 Å².